The van der Waals surface area contributed by atoms with Gasteiger partial charge in [-0.05, 0) is 30.7 Å². The lowest BCUT2D eigenvalue weighted by molar-refractivity contribution is 0.159. The van der Waals surface area contributed by atoms with Crippen LogP contribution in [0.1, 0.15) is 13.3 Å². The molecule has 0 fully saturated rings. The minimum Gasteiger partial charge on any atom is -0.494 e. The number of nitrogens with zero attached hydrogens (tertiary/aromatic N) is 1. The minimum absolute atomic E-state index is 0.201. The Morgan fingerprint density at radius 1 is 1.26 bits per heavy atom. The number of benzene rings is 1. The number of ether oxygens (including phenoxy) is 1. The fourth-order valence-corrected chi connectivity index (χ4v) is 2.37. The normalized spacial score (nSPS) is 11.6. The maximum atomic E-state index is 12.4. The van der Waals surface area contributed by atoms with E-state index in [-0.39, 0.29) is 5.69 Å². The van der Waals surface area contributed by atoms with Gasteiger partial charge in [0.05, 0.1) is 25.1 Å². The number of hydrogen-bond acceptors (Lipinski definition) is 3. The molecule has 0 atom stereocenters. The van der Waals surface area contributed by atoms with Gasteiger partial charge in [-0.2, -0.15) is 0 Å². The highest BCUT2D eigenvalue weighted by Gasteiger charge is 2.21. The predicted octanol–water partition coefficient (Wildman–Crippen LogP) is 2.51. The third-order valence-corrected chi connectivity index (χ3v) is 3.46. The maximum absolute atomic E-state index is 12.4. The van der Waals surface area contributed by atoms with Crippen LogP contribution in [0.2, 0.25) is 0 Å². The van der Waals surface area contributed by atoms with Gasteiger partial charge in [0.25, 0.3) is 6.43 Å². The Kier molecular flexibility index (Phi) is 5.53. The predicted molar refractivity (Wildman–Crippen MR) is 70.4 cm³/mol. The van der Waals surface area contributed by atoms with E-state index in [0.717, 1.165) is 12.7 Å². The van der Waals surface area contributed by atoms with Crippen LogP contribution in [0, 0.1) is 0 Å². The third-order valence-electron chi connectivity index (χ3n) is 2.30. The zero-order valence-corrected chi connectivity index (χ0v) is 11.7. The fraction of sp³-hybridized carbons (Fsp3) is 0.500. The number of sulfonamides is 1. The molecule has 0 aromatic heterocycles. The lowest BCUT2D eigenvalue weighted by Crippen LogP contribution is -2.34. The summed E-state index contributed by atoms with van der Waals surface area (Å²) < 4.78 is 53.8. The van der Waals surface area contributed by atoms with Crippen LogP contribution in [0.4, 0.5) is 14.5 Å². The van der Waals surface area contributed by atoms with E-state index in [1.54, 1.807) is 12.1 Å². The Balaban J connectivity index is 2.91. The standard InChI is InChI=1S/C12H17F2NO3S/c1-3-8-18-11-6-4-10(5-7-11)15(9-12(13)14)19(2,16)17/h4-7,12H,3,8-9H2,1-2H3. The van der Waals surface area contributed by atoms with Crippen LogP contribution in [0.5, 0.6) is 5.75 Å². The first-order chi connectivity index (χ1) is 8.84. The first-order valence-electron chi connectivity index (χ1n) is 5.83. The Bertz CT molecular complexity index is 488. The van der Waals surface area contributed by atoms with E-state index in [4.69, 9.17) is 4.74 Å². The number of anilines is 1. The van der Waals surface area contributed by atoms with E-state index in [9.17, 15) is 17.2 Å². The average Bonchev–Trinajstić information content (AvgIpc) is 2.33. The van der Waals surface area contributed by atoms with Crippen molar-refractivity contribution in [2.24, 2.45) is 0 Å². The van der Waals surface area contributed by atoms with Crippen molar-refractivity contribution in [3.8, 4) is 5.75 Å². The molecule has 0 amide bonds. The largest absolute Gasteiger partial charge is 0.494 e. The fourth-order valence-electron chi connectivity index (χ4n) is 1.49. The van der Waals surface area contributed by atoms with Crippen molar-refractivity contribution >= 4 is 15.7 Å². The summed E-state index contributed by atoms with van der Waals surface area (Å²) in [7, 11) is -3.73. The van der Waals surface area contributed by atoms with Crippen LogP contribution >= 0.6 is 0 Å². The summed E-state index contributed by atoms with van der Waals surface area (Å²) in [6, 6.07) is 6.03. The molecule has 19 heavy (non-hydrogen) atoms. The second-order valence-electron chi connectivity index (χ2n) is 4.03. The van der Waals surface area contributed by atoms with Gasteiger partial charge in [-0.15, -0.1) is 0 Å². The highest BCUT2D eigenvalue weighted by atomic mass is 32.2. The molecule has 1 aromatic rings. The van der Waals surface area contributed by atoms with Crippen molar-refractivity contribution in [3.63, 3.8) is 0 Å². The molecule has 0 saturated heterocycles. The lowest BCUT2D eigenvalue weighted by Gasteiger charge is -2.22. The second kappa shape index (κ2) is 6.70. The first kappa shape index (κ1) is 15.7. The topological polar surface area (TPSA) is 46.6 Å². The summed E-state index contributed by atoms with van der Waals surface area (Å²) in [5.41, 5.74) is 0.201. The van der Waals surface area contributed by atoms with Crippen LogP contribution in [-0.2, 0) is 10.0 Å². The summed E-state index contributed by atoms with van der Waals surface area (Å²) in [6.07, 6.45) is -0.981. The highest BCUT2D eigenvalue weighted by molar-refractivity contribution is 7.92. The monoisotopic (exact) mass is 293 g/mol. The molecule has 1 rings (SSSR count). The Hall–Kier alpha value is -1.37. The minimum atomic E-state index is -3.73. The van der Waals surface area contributed by atoms with Gasteiger partial charge in [0.15, 0.2) is 0 Å². The van der Waals surface area contributed by atoms with Crippen molar-refractivity contribution in [2.75, 3.05) is 23.7 Å². The van der Waals surface area contributed by atoms with Crippen LogP contribution in [0.3, 0.4) is 0 Å². The molecule has 0 N–H and O–H groups in total. The van der Waals surface area contributed by atoms with E-state index in [1.165, 1.54) is 12.1 Å². The van der Waals surface area contributed by atoms with Gasteiger partial charge in [-0.1, -0.05) is 6.92 Å². The Morgan fingerprint density at radius 2 is 1.84 bits per heavy atom. The average molecular weight is 293 g/mol. The molecule has 4 nitrogen and oxygen atoms in total. The van der Waals surface area contributed by atoms with E-state index in [1.807, 2.05) is 6.92 Å². The Labute approximate surface area is 112 Å². The summed E-state index contributed by atoms with van der Waals surface area (Å²) in [6.45, 7) is 1.66. The van der Waals surface area contributed by atoms with Crippen molar-refractivity contribution < 1.29 is 21.9 Å². The molecule has 0 unspecified atom stereocenters. The van der Waals surface area contributed by atoms with Crippen molar-refractivity contribution in [1.82, 2.24) is 0 Å². The smallest absolute Gasteiger partial charge is 0.257 e. The molecule has 0 aliphatic carbocycles. The van der Waals surface area contributed by atoms with E-state index in [0.29, 0.717) is 16.7 Å². The quantitative estimate of drug-likeness (QED) is 0.776. The molecule has 0 heterocycles. The van der Waals surface area contributed by atoms with Gasteiger partial charge < -0.3 is 4.74 Å². The molecule has 7 heteroatoms. The molecule has 0 spiro atoms. The van der Waals surface area contributed by atoms with E-state index in [2.05, 4.69) is 0 Å². The number of alkyl halides is 2. The van der Waals surface area contributed by atoms with Crippen LogP contribution in [-0.4, -0.2) is 34.3 Å². The zero-order valence-electron chi connectivity index (χ0n) is 10.8. The number of hydrogen-bond donors (Lipinski definition) is 0. The van der Waals surface area contributed by atoms with E-state index < -0.39 is 23.0 Å². The molecule has 0 aliphatic heterocycles. The van der Waals surface area contributed by atoms with Gasteiger partial charge in [-0.25, -0.2) is 17.2 Å². The third kappa shape index (κ3) is 5.02. The SMILES string of the molecule is CCCOc1ccc(N(CC(F)F)S(C)(=O)=O)cc1. The highest BCUT2D eigenvalue weighted by Crippen LogP contribution is 2.22. The first-order valence-corrected chi connectivity index (χ1v) is 7.68. The second-order valence-corrected chi connectivity index (χ2v) is 5.93. The van der Waals surface area contributed by atoms with Crippen LogP contribution in [0.15, 0.2) is 24.3 Å². The van der Waals surface area contributed by atoms with Crippen molar-refractivity contribution in [2.45, 2.75) is 19.8 Å². The van der Waals surface area contributed by atoms with Crippen molar-refractivity contribution in [1.29, 1.82) is 0 Å². The molecule has 108 valence electrons. The lowest BCUT2D eigenvalue weighted by atomic mass is 10.3. The summed E-state index contributed by atoms with van der Waals surface area (Å²) in [5, 5.41) is 0. The number of halogens is 2. The molecule has 1 aromatic carbocycles. The van der Waals surface area contributed by atoms with Gasteiger partial charge in [0, 0.05) is 0 Å². The Morgan fingerprint density at radius 3 is 2.26 bits per heavy atom. The van der Waals surface area contributed by atoms with Gasteiger partial charge >= 0.3 is 0 Å². The van der Waals surface area contributed by atoms with Gasteiger partial charge in [0.1, 0.15) is 5.75 Å². The molecule has 0 saturated carbocycles. The van der Waals surface area contributed by atoms with Gasteiger partial charge in [-0.3, -0.25) is 4.31 Å². The van der Waals surface area contributed by atoms with Crippen LogP contribution < -0.4 is 9.04 Å². The van der Waals surface area contributed by atoms with E-state index >= 15 is 0 Å². The van der Waals surface area contributed by atoms with Gasteiger partial charge in [0.2, 0.25) is 10.0 Å². The molecule has 0 aliphatic rings. The zero-order chi connectivity index (χ0) is 14.5. The molecule has 0 radical (unpaired) electrons. The molecular weight excluding hydrogens is 276 g/mol. The molecular formula is C12H17F2NO3S. The summed E-state index contributed by atoms with van der Waals surface area (Å²) in [4.78, 5) is 0. The van der Waals surface area contributed by atoms with Crippen molar-refractivity contribution in [3.05, 3.63) is 24.3 Å². The maximum Gasteiger partial charge on any atom is 0.257 e. The van der Waals surface area contributed by atoms with Crippen LogP contribution in [0.25, 0.3) is 0 Å². The summed E-state index contributed by atoms with van der Waals surface area (Å²) >= 11 is 0. The number of rotatable bonds is 7. The molecule has 0 bridgehead atoms. The summed E-state index contributed by atoms with van der Waals surface area (Å²) in [5.74, 6) is 0.580.